The Bertz CT molecular complexity index is 998. The van der Waals surface area contributed by atoms with Crippen molar-refractivity contribution in [2.45, 2.75) is 45.2 Å². The molecule has 1 unspecified atom stereocenters. The maximum absolute atomic E-state index is 13.3. The molecule has 2 heterocycles. The smallest absolute Gasteiger partial charge is 0.300 e. The Labute approximate surface area is 161 Å². The second-order valence-electron chi connectivity index (χ2n) is 6.58. The van der Waals surface area contributed by atoms with Gasteiger partial charge >= 0.3 is 0 Å². The predicted octanol–water partition coefficient (Wildman–Crippen LogP) is 0.799. The van der Waals surface area contributed by atoms with Crippen LogP contribution in [0, 0.1) is 0 Å². The van der Waals surface area contributed by atoms with E-state index in [4.69, 9.17) is 4.74 Å². The van der Waals surface area contributed by atoms with Gasteiger partial charge in [-0.05, 0) is 24.5 Å². The van der Waals surface area contributed by atoms with Crippen molar-refractivity contribution in [3.05, 3.63) is 34.1 Å². The zero-order valence-electron chi connectivity index (χ0n) is 15.8. The number of amides is 3. The summed E-state index contributed by atoms with van der Waals surface area (Å²) in [6.07, 6.45) is 1.43. The minimum Gasteiger partial charge on any atom is -0.468 e. The monoisotopic (exact) mass is 386 g/mol. The number of rotatable bonds is 6. The van der Waals surface area contributed by atoms with E-state index >= 15 is 0 Å². The van der Waals surface area contributed by atoms with Gasteiger partial charge in [0.15, 0.2) is 0 Å². The van der Waals surface area contributed by atoms with E-state index in [-0.39, 0.29) is 37.2 Å². The molecule has 0 radical (unpaired) electrons. The highest BCUT2D eigenvalue weighted by Crippen LogP contribution is 2.24. The van der Waals surface area contributed by atoms with E-state index < -0.39 is 17.5 Å². The molecule has 3 rings (SSSR count). The van der Waals surface area contributed by atoms with Gasteiger partial charge in [0.2, 0.25) is 17.7 Å². The summed E-state index contributed by atoms with van der Waals surface area (Å²) >= 11 is 0. The van der Waals surface area contributed by atoms with E-state index in [1.807, 2.05) is 6.92 Å². The molecular formula is C19H22N4O5. The second kappa shape index (κ2) is 8.20. The molecule has 1 aromatic carbocycles. The summed E-state index contributed by atoms with van der Waals surface area (Å²) in [5.41, 5.74) is 0.562. The summed E-state index contributed by atoms with van der Waals surface area (Å²) in [4.78, 5) is 53.2. The molecule has 1 aliphatic rings. The first-order valence-electron chi connectivity index (χ1n) is 9.14. The van der Waals surface area contributed by atoms with Crippen LogP contribution >= 0.6 is 0 Å². The lowest BCUT2D eigenvalue weighted by atomic mass is 10.0. The highest BCUT2D eigenvalue weighted by atomic mass is 16.5. The number of benzene rings is 1. The number of piperidine rings is 1. The van der Waals surface area contributed by atoms with Crippen molar-refractivity contribution in [3.8, 4) is 6.01 Å². The lowest BCUT2D eigenvalue weighted by molar-refractivity contribution is -0.136. The molecule has 1 aromatic heterocycles. The summed E-state index contributed by atoms with van der Waals surface area (Å²) in [5, 5.41) is 5.35. The Balaban J connectivity index is 2.09. The number of hydrogen-bond donors (Lipinski definition) is 2. The maximum Gasteiger partial charge on any atom is 0.300 e. The minimum atomic E-state index is -0.889. The van der Waals surface area contributed by atoms with Crippen LogP contribution in [0.1, 0.15) is 44.2 Å². The molecule has 0 spiro atoms. The van der Waals surface area contributed by atoms with E-state index in [1.54, 1.807) is 18.2 Å². The number of imide groups is 1. The first-order valence-corrected chi connectivity index (χ1v) is 9.14. The molecule has 0 saturated carbocycles. The highest BCUT2D eigenvalue weighted by molar-refractivity contribution is 5.99. The van der Waals surface area contributed by atoms with E-state index in [0.29, 0.717) is 22.9 Å². The van der Waals surface area contributed by atoms with E-state index in [0.717, 1.165) is 6.42 Å². The summed E-state index contributed by atoms with van der Waals surface area (Å²) in [7, 11) is 1.37. The third-order valence-corrected chi connectivity index (χ3v) is 4.64. The number of carbonyl (C=O) groups excluding carboxylic acids is 3. The lowest BCUT2D eigenvalue weighted by Crippen LogP contribution is -2.45. The zero-order chi connectivity index (χ0) is 20.3. The molecule has 1 atom stereocenters. The van der Waals surface area contributed by atoms with Crippen molar-refractivity contribution in [2.24, 2.45) is 0 Å². The number of nitrogens with one attached hydrogen (secondary N) is 2. The minimum absolute atomic E-state index is 0.000771. The van der Waals surface area contributed by atoms with Crippen LogP contribution in [-0.2, 0) is 20.9 Å². The standard InChI is InChI=1S/C19H22N4O5/c1-3-5-14(24)20-10-11-6-4-7-12-16(11)18(27)23(19(21-12)28-2)13-8-9-15(25)22-17(13)26/h4,6-7,13H,3,5,8-10H2,1-2H3,(H,20,24)(H,22,25,26). The fourth-order valence-corrected chi connectivity index (χ4v) is 3.29. The number of nitrogens with zero attached hydrogens (tertiary/aromatic N) is 2. The van der Waals surface area contributed by atoms with E-state index in [2.05, 4.69) is 15.6 Å². The first kappa shape index (κ1) is 19.5. The number of hydrogen-bond acceptors (Lipinski definition) is 6. The number of carbonyl (C=O) groups is 3. The van der Waals surface area contributed by atoms with Gasteiger partial charge in [-0.15, -0.1) is 0 Å². The van der Waals surface area contributed by atoms with Gasteiger partial charge < -0.3 is 10.1 Å². The molecule has 28 heavy (non-hydrogen) atoms. The predicted molar refractivity (Wildman–Crippen MR) is 101 cm³/mol. The molecule has 0 aliphatic carbocycles. The Hall–Kier alpha value is -3.23. The molecule has 2 aromatic rings. The number of methoxy groups -OCH3 is 1. The van der Waals surface area contributed by atoms with Gasteiger partial charge in [-0.2, -0.15) is 4.98 Å². The second-order valence-corrected chi connectivity index (χ2v) is 6.58. The van der Waals surface area contributed by atoms with Crippen molar-refractivity contribution < 1.29 is 19.1 Å². The largest absolute Gasteiger partial charge is 0.468 e. The molecule has 3 amide bonds. The third kappa shape index (κ3) is 3.73. The van der Waals surface area contributed by atoms with Gasteiger partial charge in [-0.1, -0.05) is 19.1 Å². The van der Waals surface area contributed by atoms with Gasteiger partial charge in [0.25, 0.3) is 11.6 Å². The molecule has 1 aliphatic heterocycles. The lowest BCUT2D eigenvalue weighted by Gasteiger charge is -2.24. The SMILES string of the molecule is CCCC(=O)NCc1cccc2nc(OC)n(C3CCC(=O)NC3=O)c(=O)c12. The van der Waals surface area contributed by atoms with E-state index in [1.165, 1.54) is 11.7 Å². The normalized spacial score (nSPS) is 16.7. The van der Waals surface area contributed by atoms with Crippen LogP contribution in [0.2, 0.25) is 0 Å². The quantitative estimate of drug-likeness (QED) is 0.709. The summed E-state index contributed by atoms with van der Waals surface area (Å²) in [6, 6.07) is 4.26. The van der Waals surface area contributed by atoms with Crippen molar-refractivity contribution in [2.75, 3.05) is 7.11 Å². The van der Waals surface area contributed by atoms with Gasteiger partial charge in [-0.3, -0.25) is 24.5 Å². The summed E-state index contributed by atoms with van der Waals surface area (Å²) in [5.74, 6) is -1.04. The first-order chi connectivity index (χ1) is 13.5. The van der Waals surface area contributed by atoms with Crippen LogP contribution in [0.4, 0.5) is 0 Å². The van der Waals surface area contributed by atoms with Crippen molar-refractivity contribution in [3.63, 3.8) is 0 Å². The fraction of sp³-hybridized carbons (Fsp3) is 0.421. The van der Waals surface area contributed by atoms with Crippen LogP contribution in [0.15, 0.2) is 23.0 Å². The number of fused-ring (bicyclic) bond motifs is 1. The Morgan fingerprint density at radius 3 is 2.82 bits per heavy atom. The Morgan fingerprint density at radius 1 is 1.36 bits per heavy atom. The molecule has 9 nitrogen and oxygen atoms in total. The van der Waals surface area contributed by atoms with Crippen LogP contribution in [0.3, 0.4) is 0 Å². The Morgan fingerprint density at radius 2 is 2.14 bits per heavy atom. The average Bonchev–Trinajstić information content (AvgIpc) is 2.67. The van der Waals surface area contributed by atoms with Gasteiger partial charge in [0, 0.05) is 19.4 Å². The average molecular weight is 386 g/mol. The van der Waals surface area contributed by atoms with Crippen molar-refractivity contribution >= 4 is 28.6 Å². The highest BCUT2D eigenvalue weighted by Gasteiger charge is 2.32. The zero-order valence-corrected chi connectivity index (χ0v) is 15.8. The molecule has 1 fully saturated rings. The molecule has 1 saturated heterocycles. The molecule has 148 valence electrons. The van der Waals surface area contributed by atoms with Crippen LogP contribution in [-0.4, -0.2) is 34.4 Å². The fourth-order valence-electron chi connectivity index (χ4n) is 3.29. The summed E-state index contributed by atoms with van der Waals surface area (Å²) < 4.78 is 6.43. The van der Waals surface area contributed by atoms with E-state index in [9.17, 15) is 19.2 Å². The Kier molecular flexibility index (Phi) is 5.72. The van der Waals surface area contributed by atoms with Crippen LogP contribution in [0.25, 0.3) is 10.9 Å². The molecule has 9 heteroatoms. The third-order valence-electron chi connectivity index (χ3n) is 4.64. The molecule has 2 N–H and O–H groups in total. The molecular weight excluding hydrogens is 364 g/mol. The number of ether oxygens (including phenoxy) is 1. The topological polar surface area (TPSA) is 119 Å². The van der Waals surface area contributed by atoms with Crippen LogP contribution < -0.4 is 20.9 Å². The van der Waals surface area contributed by atoms with Crippen molar-refractivity contribution in [1.82, 2.24) is 20.2 Å². The molecule has 0 bridgehead atoms. The summed E-state index contributed by atoms with van der Waals surface area (Å²) in [6.45, 7) is 2.08. The van der Waals surface area contributed by atoms with Crippen molar-refractivity contribution in [1.29, 1.82) is 0 Å². The number of aromatic nitrogens is 2. The van der Waals surface area contributed by atoms with Gasteiger partial charge in [0.05, 0.1) is 18.0 Å². The van der Waals surface area contributed by atoms with Crippen LogP contribution in [0.5, 0.6) is 6.01 Å². The van der Waals surface area contributed by atoms with Gasteiger partial charge in [0.1, 0.15) is 6.04 Å². The van der Waals surface area contributed by atoms with Gasteiger partial charge in [-0.25, -0.2) is 4.57 Å². The maximum atomic E-state index is 13.3.